The van der Waals surface area contributed by atoms with Gasteiger partial charge in [-0.1, -0.05) is 0 Å². The largest absolute Gasteiger partial charge is 0.478 e. The molecule has 0 heterocycles. The van der Waals surface area contributed by atoms with Crippen LogP contribution in [0.15, 0.2) is 18.2 Å². The first-order valence-electron chi connectivity index (χ1n) is 4.61. The van der Waals surface area contributed by atoms with E-state index in [2.05, 4.69) is 0 Å². The third-order valence-corrected chi connectivity index (χ3v) is 2.11. The van der Waals surface area contributed by atoms with Gasteiger partial charge in [-0.05, 0) is 24.6 Å². The summed E-state index contributed by atoms with van der Waals surface area (Å²) < 4.78 is 0. The number of rotatable bonds is 4. The third-order valence-electron chi connectivity index (χ3n) is 2.11. The quantitative estimate of drug-likeness (QED) is 0.371. The number of nitro groups is 1. The van der Waals surface area contributed by atoms with Crippen LogP contribution < -0.4 is 0 Å². The molecule has 0 aliphatic heterocycles. The fourth-order valence-electron chi connectivity index (χ4n) is 1.40. The van der Waals surface area contributed by atoms with E-state index in [0.29, 0.717) is 11.8 Å². The van der Waals surface area contributed by atoms with E-state index in [1.807, 2.05) is 0 Å². The average molecular weight is 235 g/mol. The number of hydrogen-bond acceptors (Lipinski definition) is 4. The van der Waals surface area contributed by atoms with Crippen molar-refractivity contribution in [3.05, 3.63) is 45.0 Å². The van der Waals surface area contributed by atoms with Gasteiger partial charge < -0.3 is 5.11 Å². The molecule has 1 rings (SSSR count). The molecule has 0 bridgehead atoms. The molecule has 0 aliphatic carbocycles. The number of aldehydes is 1. The zero-order chi connectivity index (χ0) is 13.0. The molecule has 1 aromatic carbocycles. The molecule has 0 radical (unpaired) electrons. The molecule has 0 saturated carbocycles. The van der Waals surface area contributed by atoms with Crippen molar-refractivity contribution in [1.82, 2.24) is 0 Å². The highest BCUT2D eigenvalue weighted by molar-refractivity contribution is 5.87. The molecule has 0 unspecified atom stereocenters. The highest BCUT2D eigenvalue weighted by atomic mass is 16.6. The average Bonchev–Trinajstić information content (AvgIpc) is 2.25. The normalized spacial score (nSPS) is 10.4. The SMILES string of the molecule is Cc1cc(C=O)cc([N+](=O)[O-])c1/C=C/C(=O)O. The Balaban J connectivity index is 3.41. The molecule has 6 nitrogen and oxygen atoms in total. The molecule has 0 atom stereocenters. The Morgan fingerprint density at radius 1 is 1.47 bits per heavy atom. The van der Waals surface area contributed by atoms with Crippen molar-refractivity contribution in [2.75, 3.05) is 0 Å². The summed E-state index contributed by atoms with van der Waals surface area (Å²) in [5.41, 5.74) is 0.549. The summed E-state index contributed by atoms with van der Waals surface area (Å²) in [7, 11) is 0. The Bertz CT molecular complexity index is 519. The molecule has 0 spiro atoms. The van der Waals surface area contributed by atoms with E-state index >= 15 is 0 Å². The molecular formula is C11H9NO5. The van der Waals surface area contributed by atoms with Gasteiger partial charge in [0.15, 0.2) is 0 Å². The molecule has 1 N–H and O–H groups in total. The highest BCUT2D eigenvalue weighted by Crippen LogP contribution is 2.25. The maximum absolute atomic E-state index is 10.8. The van der Waals surface area contributed by atoms with Crippen LogP contribution in [0, 0.1) is 17.0 Å². The van der Waals surface area contributed by atoms with Gasteiger partial charge in [-0.25, -0.2) is 4.79 Å². The van der Waals surface area contributed by atoms with E-state index in [0.717, 1.165) is 18.2 Å². The predicted octanol–water partition coefficient (Wildman–Crippen LogP) is 1.81. The summed E-state index contributed by atoms with van der Waals surface area (Å²) in [6, 6.07) is 2.57. The molecule has 0 fully saturated rings. The molecule has 0 saturated heterocycles. The van der Waals surface area contributed by atoms with Gasteiger partial charge in [0, 0.05) is 17.7 Å². The number of nitrogens with zero attached hydrogens (tertiary/aromatic N) is 1. The maximum Gasteiger partial charge on any atom is 0.328 e. The van der Waals surface area contributed by atoms with Crippen molar-refractivity contribution < 1.29 is 19.6 Å². The Kier molecular flexibility index (Phi) is 3.71. The number of hydrogen-bond donors (Lipinski definition) is 1. The van der Waals surface area contributed by atoms with Crippen LogP contribution in [0.2, 0.25) is 0 Å². The molecule has 17 heavy (non-hydrogen) atoms. The number of aryl methyl sites for hydroxylation is 1. The first kappa shape index (κ1) is 12.6. The lowest BCUT2D eigenvalue weighted by molar-refractivity contribution is -0.385. The fourth-order valence-corrected chi connectivity index (χ4v) is 1.40. The van der Waals surface area contributed by atoms with Crippen molar-refractivity contribution in [3.63, 3.8) is 0 Å². The molecule has 0 aromatic heterocycles. The molecule has 1 aromatic rings. The van der Waals surface area contributed by atoms with E-state index in [4.69, 9.17) is 5.11 Å². The summed E-state index contributed by atoms with van der Waals surface area (Å²) in [5.74, 6) is -1.20. The second kappa shape index (κ2) is 5.02. The lowest BCUT2D eigenvalue weighted by atomic mass is 10.0. The lowest BCUT2D eigenvalue weighted by Crippen LogP contribution is -1.97. The zero-order valence-corrected chi connectivity index (χ0v) is 8.91. The fraction of sp³-hybridized carbons (Fsp3) is 0.0909. The minimum Gasteiger partial charge on any atom is -0.478 e. The first-order chi connectivity index (χ1) is 7.95. The molecule has 0 aliphatic rings. The van der Waals surface area contributed by atoms with Crippen LogP contribution >= 0.6 is 0 Å². The monoisotopic (exact) mass is 235 g/mol. The molecule has 88 valence electrons. The Morgan fingerprint density at radius 2 is 2.12 bits per heavy atom. The van der Waals surface area contributed by atoms with Gasteiger partial charge in [-0.15, -0.1) is 0 Å². The van der Waals surface area contributed by atoms with Crippen molar-refractivity contribution in [2.45, 2.75) is 6.92 Å². The predicted molar refractivity (Wildman–Crippen MR) is 59.9 cm³/mol. The summed E-state index contributed by atoms with van der Waals surface area (Å²) in [6.45, 7) is 1.57. The van der Waals surface area contributed by atoms with E-state index in [1.54, 1.807) is 6.92 Å². The van der Waals surface area contributed by atoms with Crippen molar-refractivity contribution >= 4 is 24.0 Å². The molecule has 6 heteroatoms. The maximum atomic E-state index is 10.8. The van der Waals surface area contributed by atoms with E-state index in [1.165, 1.54) is 6.07 Å². The van der Waals surface area contributed by atoms with Gasteiger partial charge in [0.05, 0.1) is 10.5 Å². The Hall–Kier alpha value is -2.50. The van der Waals surface area contributed by atoms with Gasteiger partial charge in [0.25, 0.3) is 5.69 Å². The van der Waals surface area contributed by atoms with E-state index in [9.17, 15) is 19.7 Å². The van der Waals surface area contributed by atoms with Crippen molar-refractivity contribution in [3.8, 4) is 0 Å². The van der Waals surface area contributed by atoms with E-state index in [-0.39, 0.29) is 16.8 Å². The smallest absolute Gasteiger partial charge is 0.328 e. The summed E-state index contributed by atoms with van der Waals surface area (Å²) >= 11 is 0. The number of aliphatic carboxylic acids is 1. The summed E-state index contributed by atoms with van der Waals surface area (Å²) in [4.78, 5) is 31.1. The molecular weight excluding hydrogens is 226 g/mol. The lowest BCUT2D eigenvalue weighted by Gasteiger charge is -2.03. The van der Waals surface area contributed by atoms with Gasteiger partial charge in [0.2, 0.25) is 0 Å². The number of carbonyl (C=O) groups is 2. The van der Waals surface area contributed by atoms with E-state index < -0.39 is 10.9 Å². The van der Waals surface area contributed by atoms with Crippen LogP contribution in [0.5, 0.6) is 0 Å². The zero-order valence-electron chi connectivity index (χ0n) is 8.91. The molecule has 0 amide bonds. The number of carboxylic acid groups (broad SMARTS) is 1. The van der Waals surface area contributed by atoms with Crippen molar-refractivity contribution in [1.29, 1.82) is 0 Å². The second-order valence-electron chi connectivity index (χ2n) is 3.32. The topological polar surface area (TPSA) is 97.5 Å². The summed E-state index contributed by atoms with van der Waals surface area (Å²) in [6.07, 6.45) is 2.46. The standard InChI is InChI=1S/C11H9NO5/c1-7-4-8(6-13)5-10(12(16)17)9(7)2-3-11(14)15/h2-6H,1H3,(H,14,15)/b3-2+. The number of benzene rings is 1. The Labute approximate surface area is 96.3 Å². The van der Waals surface area contributed by atoms with Crippen LogP contribution in [-0.2, 0) is 4.79 Å². The third kappa shape index (κ3) is 2.97. The van der Waals surface area contributed by atoms with Crippen LogP contribution in [-0.4, -0.2) is 22.3 Å². The summed E-state index contributed by atoms with van der Waals surface area (Å²) in [5, 5.41) is 19.3. The van der Waals surface area contributed by atoms with Gasteiger partial charge in [-0.3, -0.25) is 14.9 Å². The van der Waals surface area contributed by atoms with Gasteiger partial charge in [-0.2, -0.15) is 0 Å². The minimum absolute atomic E-state index is 0.182. The van der Waals surface area contributed by atoms with Gasteiger partial charge in [0.1, 0.15) is 6.29 Å². The number of nitro benzene ring substituents is 1. The second-order valence-corrected chi connectivity index (χ2v) is 3.32. The minimum atomic E-state index is -1.20. The highest BCUT2D eigenvalue weighted by Gasteiger charge is 2.15. The van der Waals surface area contributed by atoms with Crippen LogP contribution in [0.3, 0.4) is 0 Å². The Morgan fingerprint density at radius 3 is 2.59 bits per heavy atom. The van der Waals surface area contributed by atoms with Crippen LogP contribution in [0.4, 0.5) is 5.69 Å². The number of carbonyl (C=O) groups excluding carboxylic acids is 1. The first-order valence-corrected chi connectivity index (χ1v) is 4.61. The van der Waals surface area contributed by atoms with Crippen molar-refractivity contribution in [2.24, 2.45) is 0 Å². The van der Waals surface area contributed by atoms with Crippen LogP contribution in [0.25, 0.3) is 6.08 Å². The van der Waals surface area contributed by atoms with Gasteiger partial charge >= 0.3 is 5.97 Å². The number of carboxylic acids is 1. The van der Waals surface area contributed by atoms with Crippen LogP contribution in [0.1, 0.15) is 21.5 Å².